The summed E-state index contributed by atoms with van der Waals surface area (Å²) in [6.45, 7) is 6.34. The monoisotopic (exact) mass is 498 g/mol. The molecule has 2 aliphatic rings. The predicted molar refractivity (Wildman–Crippen MR) is 142 cm³/mol. The third-order valence-corrected chi connectivity index (χ3v) is 7.91. The molecule has 1 aliphatic carbocycles. The number of rotatable bonds is 8. The van der Waals surface area contributed by atoms with Crippen molar-refractivity contribution in [1.29, 1.82) is 0 Å². The molecule has 1 N–H and O–H groups in total. The van der Waals surface area contributed by atoms with Gasteiger partial charge in [0.2, 0.25) is 0 Å². The van der Waals surface area contributed by atoms with E-state index >= 15 is 0 Å². The van der Waals surface area contributed by atoms with E-state index in [4.69, 9.17) is 16.3 Å². The molecule has 0 bridgehead atoms. The molecule has 0 spiro atoms. The molecule has 5 nitrogen and oxygen atoms in total. The Kier molecular flexibility index (Phi) is 9.10. The fraction of sp³-hybridized carbons (Fsp3) is 0.552. The van der Waals surface area contributed by atoms with Crippen LogP contribution in [0.3, 0.4) is 0 Å². The highest BCUT2D eigenvalue weighted by molar-refractivity contribution is 6.30. The molecule has 0 aromatic heterocycles. The van der Waals surface area contributed by atoms with Gasteiger partial charge >= 0.3 is 6.09 Å². The second-order valence-corrected chi connectivity index (χ2v) is 10.5. The van der Waals surface area contributed by atoms with Crippen molar-refractivity contribution in [2.75, 3.05) is 39.3 Å². The molecular weight excluding hydrogens is 460 g/mol. The standard InChI is InChI=1S/C29H39ClN2O3/c1-2-3-21-35-28(33)32-19-17-31(18-20-32)22-27(29(34)15-5-4-6-16-29)25-9-7-23(8-10-25)24-11-13-26(30)14-12-24/h7-14,27,34H,2-6,15-22H2,1H3. The number of halogens is 1. The van der Waals surface area contributed by atoms with Gasteiger partial charge in [0.05, 0.1) is 12.2 Å². The summed E-state index contributed by atoms with van der Waals surface area (Å²) in [4.78, 5) is 16.5. The summed E-state index contributed by atoms with van der Waals surface area (Å²) < 4.78 is 5.39. The van der Waals surface area contributed by atoms with Crippen molar-refractivity contribution in [2.45, 2.75) is 63.4 Å². The minimum Gasteiger partial charge on any atom is -0.449 e. The van der Waals surface area contributed by atoms with E-state index in [0.29, 0.717) is 19.7 Å². The molecule has 1 saturated carbocycles. The lowest BCUT2D eigenvalue weighted by atomic mass is 9.72. The summed E-state index contributed by atoms with van der Waals surface area (Å²) in [6.07, 6.45) is 6.78. The number of unbranched alkanes of at least 4 members (excludes halogenated alkanes) is 1. The van der Waals surface area contributed by atoms with Crippen LogP contribution in [-0.2, 0) is 4.74 Å². The van der Waals surface area contributed by atoms with Crippen molar-refractivity contribution in [3.05, 3.63) is 59.1 Å². The first kappa shape index (κ1) is 26.0. The Labute approximate surface area is 215 Å². The Hall–Kier alpha value is -2.08. The van der Waals surface area contributed by atoms with Crippen molar-refractivity contribution in [1.82, 2.24) is 9.80 Å². The third-order valence-electron chi connectivity index (χ3n) is 7.65. The first-order valence-corrected chi connectivity index (χ1v) is 13.6. The lowest BCUT2D eigenvalue weighted by molar-refractivity contribution is -0.0342. The molecule has 1 amide bonds. The van der Waals surface area contributed by atoms with Crippen LogP contribution in [0.2, 0.25) is 5.02 Å². The number of amides is 1. The summed E-state index contributed by atoms with van der Waals surface area (Å²) in [5, 5.41) is 12.5. The fourth-order valence-electron chi connectivity index (χ4n) is 5.41. The number of carbonyl (C=O) groups is 1. The zero-order valence-electron chi connectivity index (χ0n) is 20.9. The third kappa shape index (κ3) is 6.78. The van der Waals surface area contributed by atoms with Crippen LogP contribution in [0.1, 0.15) is 63.4 Å². The highest BCUT2D eigenvalue weighted by Gasteiger charge is 2.40. The first-order chi connectivity index (χ1) is 17.0. The molecule has 4 rings (SSSR count). The maximum absolute atomic E-state index is 12.3. The van der Waals surface area contributed by atoms with Gasteiger partial charge in [0, 0.05) is 43.7 Å². The van der Waals surface area contributed by atoms with Crippen molar-refractivity contribution in [3.63, 3.8) is 0 Å². The van der Waals surface area contributed by atoms with Gasteiger partial charge in [0.25, 0.3) is 0 Å². The van der Waals surface area contributed by atoms with Crippen LogP contribution in [0.4, 0.5) is 4.79 Å². The topological polar surface area (TPSA) is 53.0 Å². The van der Waals surface area contributed by atoms with Crippen molar-refractivity contribution in [2.24, 2.45) is 0 Å². The number of hydrogen-bond acceptors (Lipinski definition) is 4. The maximum Gasteiger partial charge on any atom is 0.409 e. The minimum atomic E-state index is -0.684. The summed E-state index contributed by atoms with van der Waals surface area (Å²) in [7, 11) is 0. The summed E-state index contributed by atoms with van der Waals surface area (Å²) in [5.74, 6) is 0.0464. The normalized spacial score (nSPS) is 19.3. The van der Waals surface area contributed by atoms with Gasteiger partial charge in [0.15, 0.2) is 0 Å². The number of hydrogen-bond donors (Lipinski definition) is 1. The average molecular weight is 499 g/mol. The Morgan fingerprint density at radius 3 is 2.17 bits per heavy atom. The molecular formula is C29H39ClN2O3. The molecule has 2 aromatic carbocycles. The largest absolute Gasteiger partial charge is 0.449 e. The number of ether oxygens (including phenoxy) is 1. The summed E-state index contributed by atoms with van der Waals surface area (Å²) in [5.41, 5.74) is 2.79. The Morgan fingerprint density at radius 1 is 0.971 bits per heavy atom. The molecule has 2 aromatic rings. The van der Waals surface area contributed by atoms with Gasteiger partial charge in [-0.3, -0.25) is 4.90 Å². The molecule has 190 valence electrons. The SMILES string of the molecule is CCCCOC(=O)N1CCN(CC(c2ccc(-c3ccc(Cl)cc3)cc2)C2(O)CCCCC2)CC1. The summed E-state index contributed by atoms with van der Waals surface area (Å²) >= 11 is 6.05. The molecule has 1 aliphatic heterocycles. The van der Waals surface area contributed by atoms with Gasteiger partial charge in [-0.1, -0.05) is 80.6 Å². The maximum atomic E-state index is 12.3. The van der Waals surface area contributed by atoms with E-state index in [0.717, 1.165) is 74.3 Å². The zero-order valence-corrected chi connectivity index (χ0v) is 21.7. The first-order valence-electron chi connectivity index (χ1n) is 13.2. The van der Waals surface area contributed by atoms with Crippen LogP contribution in [0, 0.1) is 0 Å². The molecule has 1 heterocycles. The lowest BCUT2D eigenvalue weighted by Crippen LogP contribution is -2.52. The van der Waals surface area contributed by atoms with Gasteiger partial charge in [-0.25, -0.2) is 4.79 Å². The number of carbonyl (C=O) groups excluding carboxylic acids is 1. The number of benzene rings is 2. The van der Waals surface area contributed by atoms with Crippen LogP contribution in [-0.4, -0.2) is 65.9 Å². The Balaban J connectivity index is 1.44. The molecule has 1 atom stereocenters. The molecule has 1 saturated heterocycles. The number of aliphatic hydroxyl groups is 1. The molecule has 35 heavy (non-hydrogen) atoms. The molecule has 6 heteroatoms. The van der Waals surface area contributed by atoms with Crippen LogP contribution < -0.4 is 0 Å². The van der Waals surface area contributed by atoms with E-state index in [2.05, 4.69) is 36.1 Å². The van der Waals surface area contributed by atoms with Crippen LogP contribution in [0.5, 0.6) is 0 Å². The zero-order chi connectivity index (χ0) is 24.7. The Morgan fingerprint density at radius 2 is 1.57 bits per heavy atom. The van der Waals surface area contributed by atoms with Crippen LogP contribution in [0.15, 0.2) is 48.5 Å². The molecule has 1 unspecified atom stereocenters. The van der Waals surface area contributed by atoms with Gasteiger partial charge in [0.1, 0.15) is 0 Å². The number of piperazine rings is 1. The quantitative estimate of drug-likeness (QED) is 0.431. The summed E-state index contributed by atoms with van der Waals surface area (Å²) in [6, 6.07) is 16.6. The van der Waals surface area contributed by atoms with Crippen molar-refractivity contribution in [3.8, 4) is 11.1 Å². The van der Waals surface area contributed by atoms with Gasteiger partial charge in [-0.15, -0.1) is 0 Å². The molecule has 2 fully saturated rings. The number of nitrogens with zero attached hydrogens (tertiary/aromatic N) is 2. The second kappa shape index (κ2) is 12.2. The average Bonchev–Trinajstić information content (AvgIpc) is 2.89. The van der Waals surface area contributed by atoms with Crippen LogP contribution >= 0.6 is 11.6 Å². The van der Waals surface area contributed by atoms with E-state index in [9.17, 15) is 9.90 Å². The van der Waals surface area contributed by atoms with Gasteiger partial charge in [-0.2, -0.15) is 0 Å². The van der Waals surface area contributed by atoms with E-state index in [1.54, 1.807) is 0 Å². The van der Waals surface area contributed by atoms with E-state index in [1.807, 2.05) is 29.2 Å². The highest BCUT2D eigenvalue weighted by Crippen LogP contribution is 2.41. The van der Waals surface area contributed by atoms with Gasteiger partial charge < -0.3 is 14.7 Å². The lowest BCUT2D eigenvalue weighted by Gasteiger charge is -2.43. The van der Waals surface area contributed by atoms with E-state index < -0.39 is 5.60 Å². The minimum absolute atomic E-state index is 0.0464. The molecule has 0 radical (unpaired) electrons. The van der Waals surface area contributed by atoms with Crippen molar-refractivity contribution < 1.29 is 14.6 Å². The predicted octanol–water partition coefficient (Wildman–Crippen LogP) is 6.34. The van der Waals surface area contributed by atoms with Crippen molar-refractivity contribution >= 4 is 17.7 Å². The van der Waals surface area contributed by atoms with E-state index in [1.165, 1.54) is 12.0 Å². The Bertz CT molecular complexity index is 933. The van der Waals surface area contributed by atoms with Gasteiger partial charge in [-0.05, 0) is 48.1 Å². The fourth-order valence-corrected chi connectivity index (χ4v) is 5.54. The second-order valence-electron chi connectivity index (χ2n) is 10.1. The van der Waals surface area contributed by atoms with Crippen LogP contribution in [0.25, 0.3) is 11.1 Å². The van der Waals surface area contributed by atoms with E-state index in [-0.39, 0.29) is 12.0 Å². The smallest absolute Gasteiger partial charge is 0.409 e. The highest BCUT2D eigenvalue weighted by atomic mass is 35.5.